The van der Waals surface area contributed by atoms with E-state index in [2.05, 4.69) is 0 Å². The Hall–Kier alpha value is -2.34. The molecule has 0 atom stereocenters. The van der Waals surface area contributed by atoms with Crippen molar-refractivity contribution in [2.24, 2.45) is 0 Å². The fraction of sp³-hybridized carbons (Fsp3) is 0.188. The van der Waals surface area contributed by atoms with Crippen LogP contribution in [0, 0.1) is 0 Å². The van der Waals surface area contributed by atoms with Gasteiger partial charge < -0.3 is 5.11 Å². The minimum atomic E-state index is -3.29. The molecule has 0 fully saturated rings. The molecule has 22 heavy (non-hydrogen) atoms. The lowest BCUT2D eigenvalue weighted by Crippen LogP contribution is -2.28. The summed E-state index contributed by atoms with van der Waals surface area (Å²) in [6.45, 7) is 1.78. The van der Waals surface area contributed by atoms with Gasteiger partial charge in [-0.2, -0.15) is 0 Å². The van der Waals surface area contributed by atoms with Gasteiger partial charge in [0.15, 0.2) is 9.84 Å². The summed E-state index contributed by atoms with van der Waals surface area (Å²) in [5.74, 6) is 0.0129. The number of hydrogen-bond acceptors (Lipinski definition) is 3. The second-order valence-electron chi connectivity index (χ2n) is 4.75. The maximum Gasteiger partial charge on any atom is 0.412 e. The molecular formula is C16H17NO4S. The van der Waals surface area contributed by atoms with Crippen LogP contribution in [0.5, 0.6) is 0 Å². The molecule has 0 radical (unpaired) electrons. The Bertz CT molecular complexity index is 739. The number of carbonyl (C=O) groups is 1. The second-order valence-corrected chi connectivity index (χ2v) is 7.03. The van der Waals surface area contributed by atoms with Gasteiger partial charge in [-0.1, -0.05) is 37.3 Å². The van der Waals surface area contributed by atoms with Crippen molar-refractivity contribution in [3.8, 4) is 0 Å². The molecule has 0 bridgehead atoms. The Morgan fingerprint density at radius 2 is 1.64 bits per heavy atom. The fourth-order valence-corrected chi connectivity index (χ4v) is 2.92. The van der Waals surface area contributed by atoms with Gasteiger partial charge >= 0.3 is 6.09 Å². The van der Waals surface area contributed by atoms with Gasteiger partial charge in [0, 0.05) is 5.69 Å². The number of carboxylic acid groups (broad SMARTS) is 1. The predicted octanol–water partition coefficient (Wildman–Crippen LogP) is 3.16. The molecule has 0 aromatic heterocycles. The molecule has 0 spiro atoms. The maximum atomic E-state index is 11.8. The standard InChI is InChI=1S/C16H17NO4S/c1-2-22(20,21)15-10-8-14(9-11-15)17(16(18)19)12-13-6-4-3-5-7-13/h3-11H,2,12H2,1H3,(H,18,19). The Labute approximate surface area is 129 Å². The minimum Gasteiger partial charge on any atom is -0.465 e. The van der Waals surface area contributed by atoms with E-state index in [4.69, 9.17) is 0 Å². The minimum absolute atomic E-state index is 0.0129. The summed E-state index contributed by atoms with van der Waals surface area (Å²) < 4.78 is 23.6. The van der Waals surface area contributed by atoms with E-state index in [0.717, 1.165) is 5.56 Å². The van der Waals surface area contributed by atoms with Crippen LogP contribution in [0.2, 0.25) is 0 Å². The van der Waals surface area contributed by atoms with E-state index in [-0.39, 0.29) is 17.2 Å². The Morgan fingerprint density at radius 3 is 2.14 bits per heavy atom. The van der Waals surface area contributed by atoms with Crippen molar-refractivity contribution in [1.82, 2.24) is 0 Å². The van der Waals surface area contributed by atoms with Gasteiger partial charge in [0.2, 0.25) is 0 Å². The van der Waals surface area contributed by atoms with Crippen molar-refractivity contribution < 1.29 is 18.3 Å². The molecule has 116 valence electrons. The fourth-order valence-electron chi connectivity index (χ4n) is 2.04. The van der Waals surface area contributed by atoms with E-state index in [9.17, 15) is 18.3 Å². The van der Waals surface area contributed by atoms with Crippen LogP contribution in [-0.2, 0) is 16.4 Å². The third-order valence-electron chi connectivity index (χ3n) is 3.30. The third-order valence-corrected chi connectivity index (χ3v) is 5.05. The molecule has 1 N–H and O–H groups in total. The van der Waals surface area contributed by atoms with E-state index in [1.165, 1.54) is 29.2 Å². The summed E-state index contributed by atoms with van der Waals surface area (Å²) in [4.78, 5) is 12.8. The first kappa shape index (κ1) is 16.0. The van der Waals surface area contributed by atoms with Crippen LogP contribution in [0.3, 0.4) is 0 Å². The Morgan fingerprint density at radius 1 is 1.05 bits per heavy atom. The summed E-state index contributed by atoms with van der Waals surface area (Å²) in [5.41, 5.74) is 1.29. The van der Waals surface area contributed by atoms with Crippen molar-refractivity contribution in [1.29, 1.82) is 0 Å². The van der Waals surface area contributed by atoms with Gasteiger partial charge in [-0.25, -0.2) is 13.2 Å². The van der Waals surface area contributed by atoms with Crippen LogP contribution in [0.25, 0.3) is 0 Å². The molecule has 2 aromatic rings. The van der Waals surface area contributed by atoms with Crippen molar-refractivity contribution in [2.45, 2.75) is 18.4 Å². The molecule has 0 saturated heterocycles. The largest absolute Gasteiger partial charge is 0.465 e. The number of rotatable bonds is 5. The SMILES string of the molecule is CCS(=O)(=O)c1ccc(N(Cc2ccccc2)C(=O)O)cc1. The number of anilines is 1. The number of nitrogens with zero attached hydrogens (tertiary/aromatic N) is 1. The number of benzene rings is 2. The summed E-state index contributed by atoms with van der Waals surface area (Å²) >= 11 is 0. The summed E-state index contributed by atoms with van der Waals surface area (Å²) in [6.07, 6.45) is -1.09. The van der Waals surface area contributed by atoms with Crippen molar-refractivity contribution >= 4 is 21.6 Å². The molecular weight excluding hydrogens is 302 g/mol. The molecule has 0 aliphatic carbocycles. The van der Waals surface area contributed by atoms with Gasteiger partial charge in [0.1, 0.15) is 0 Å². The Kier molecular flexibility index (Phi) is 4.82. The number of hydrogen-bond donors (Lipinski definition) is 1. The zero-order valence-electron chi connectivity index (χ0n) is 12.1. The highest BCUT2D eigenvalue weighted by atomic mass is 32.2. The molecule has 1 amide bonds. The summed E-state index contributed by atoms with van der Waals surface area (Å²) in [7, 11) is -3.29. The van der Waals surface area contributed by atoms with Crippen LogP contribution in [0.15, 0.2) is 59.5 Å². The normalized spacial score (nSPS) is 11.1. The Balaban J connectivity index is 2.28. The second kappa shape index (κ2) is 6.62. The lowest BCUT2D eigenvalue weighted by molar-refractivity contribution is 0.201. The first-order valence-corrected chi connectivity index (χ1v) is 8.46. The van der Waals surface area contributed by atoms with Gasteiger partial charge in [0.25, 0.3) is 0 Å². The first-order chi connectivity index (χ1) is 10.4. The van der Waals surface area contributed by atoms with Crippen LogP contribution in [0.1, 0.15) is 12.5 Å². The molecule has 5 nitrogen and oxygen atoms in total. The predicted molar refractivity (Wildman–Crippen MR) is 84.8 cm³/mol. The van der Waals surface area contributed by atoms with E-state index in [1.807, 2.05) is 30.3 Å². The first-order valence-electron chi connectivity index (χ1n) is 6.81. The third kappa shape index (κ3) is 3.65. The van der Waals surface area contributed by atoms with Gasteiger partial charge in [-0.15, -0.1) is 0 Å². The van der Waals surface area contributed by atoms with Crippen LogP contribution in [0.4, 0.5) is 10.5 Å². The summed E-state index contributed by atoms with van der Waals surface area (Å²) in [6, 6.07) is 15.1. The number of amides is 1. The average molecular weight is 319 g/mol. The molecule has 0 saturated carbocycles. The smallest absolute Gasteiger partial charge is 0.412 e. The van der Waals surface area contributed by atoms with Crippen molar-refractivity contribution in [2.75, 3.05) is 10.7 Å². The lowest BCUT2D eigenvalue weighted by atomic mass is 10.2. The summed E-state index contributed by atoms with van der Waals surface area (Å²) in [5, 5.41) is 9.37. The topological polar surface area (TPSA) is 74.7 Å². The van der Waals surface area contributed by atoms with Crippen molar-refractivity contribution in [3.63, 3.8) is 0 Å². The zero-order chi connectivity index (χ0) is 16.2. The van der Waals surface area contributed by atoms with Crippen LogP contribution < -0.4 is 4.90 Å². The number of sulfone groups is 1. The average Bonchev–Trinajstić information content (AvgIpc) is 2.53. The maximum absolute atomic E-state index is 11.8. The monoisotopic (exact) mass is 319 g/mol. The molecule has 6 heteroatoms. The van der Waals surface area contributed by atoms with Crippen LogP contribution >= 0.6 is 0 Å². The molecule has 0 aliphatic heterocycles. The van der Waals surface area contributed by atoms with E-state index < -0.39 is 15.9 Å². The quantitative estimate of drug-likeness (QED) is 0.918. The van der Waals surface area contributed by atoms with E-state index >= 15 is 0 Å². The molecule has 0 unspecified atom stereocenters. The molecule has 0 aliphatic rings. The van der Waals surface area contributed by atoms with E-state index in [0.29, 0.717) is 5.69 Å². The van der Waals surface area contributed by atoms with Crippen LogP contribution in [-0.4, -0.2) is 25.4 Å². The lowest BCUT2D eigenvalue weighted by Gasteiger charge is -2.19. The zero-order valence-corrected chi connectivity index (χ0v) is 13.0. The van der Waals surface area contributed by atoms with E-state index in [1.54, 1.807) is 6.92 Å². The molecule has 0 heterocycles. The molecule has 2 aromatic carbocycles. The van der Waals surface area contributed by atoms with Gasteiger partial charge in [0.05, 0.1) is 17.2 Å². The molecule has 2 rings (SSSR count). The van der Waals surface area contributed by atoms with Crippen molar-refractivity contribution in [3.05, 3.63) is 60.2 Å². The highest BCUT2D eigenvalue weighted by Gasteiger charge is 2.17. The highest BCUT2D eigenvalue weighted by molar-refractivity contribution is 7.91. The highest BCUT2D eigenvalue weighted by Crippen LogP contribution is 2.21. The van der Waals surface area contributed by atoms with Gasteiger partial charge in [-0.05, 0) is 29.8 Å². The van der Waals surface area contributed by atoms with Gasteiger partial charge in [-0.3, -0.25) is 4.90 Å².